The van der Waals surface area contributed by atoms with Crippen molar-refractivity contribution in [2.45, 2.75) is 37.8 Å². The normalized spacial score (nSPS) is 19.5. The number of hydrogen-bond donors (Lipinski definition) is 4. The molecule has 2 atom stereocenters. The van der Waals surface area contributed by atoms with Crippen LogP contribution in [0.4, 0.5) is 21.7 Å². The van der Waals surface area contributed by atoms with Crippen LogP contribution in [0.1, 0.15) is 36.0 Å². The van der Waals surface area contributed by atoms with Gasteiger partial charge in [0.2, 0.25) is 0 Å². The van der Waals surface area contributed by atoms with Gasteiger partial charge in [-0.2, -0.15) is 0 Å². The molecule has 4 rings (SSSR count). The van der Waals surface area contributed by atoms with Gasteiger partial charge in [0.15, 0.2) is 11.6 Å². The molecule has 1 fully saturated rings. The molecule has 6 N–H and O–H groups in total. The number of thiazole rings is 1. The minimum Gasteiger partial charge on any atom is -0.365 e. The molecule has 1 aliphatic rings. The Labute approximate surface area is 165 Å². The molecule has 1 aliphatic carbocycles. The Kier molecular flexibility index (Phi) is 5.10. The van der Waals surface area contributed by atoms with Crippen molar-refractivity contribution in [1.29, 1.82) is 0 Å². The molecule has 0 unspecified atom stereocenters. The molecule has 0 spiro atoms. The van der Waals surface area contributed by atoms with Gasteiger partial charge < -0.3 is 22.1 Å². The lowest BCUT2D eigenvalue weighted by molar-refractivity contribution is 0.100. The molecule has 1 aromatic carbocycles. The lowest BCUT2D eigenvalue weighted by atomic mass is 9.91. The molecule has 1 saturated carbocycles. The number of nitrogens with one attached hydrogen (secondary N) is 2. The zero-order chi connectivity index (χ0) is 19.7. The largest absolute Gasteiger partial charge is 0.365 e. The predicted octanol–water partition coefficient (Wildman–Crippen LogP) is 3.35. The molecular formula is C19H21FN6OS. The summed E-state index contributed by atoms with van der Waals surface area (Å²) < 4.78 is 15.6. The smallest absolute Gasteiger partial charge is 0.252 e. The van der Waals surface area contributed by atoms with E-state index in [9.17, 15) is 9.18 Å². The third kappa shape index (κ3) is 3.76. The summed E-state index contributed by atoms with van der Waals surface area (Å²) in [5.74, 6) is -1.14. The van der Waals surface area contributed by atoms with Crippen molar-refractivity contribution in [3.8, 4) is 0 Å². The van der Waals surface area contributed by atoms with Gasteiger partial charge >= 0.3 is 0 Å². The molecule has 0 bridgehead atoms. The number of fused-ring (bicyclic) bond motifs is 1. The Hall–Kier alpha value is -2.78. The van der Waals surface area contributed by atoms with Crippen LogP contribution in [0.15, 0.2) is 29.8 Å². The van der Waals surface area contributed by atoms with Gasteiger partial charge in [-0.25, -0.2) is 14.4 Å². The fourth-order valence-corrected chi connectivity index (χ4v) is 4.12. The van der Waals surface area contributed by atoms with Crippen LogP contribution in [-0.2, 0) is 0 Å². The predicted molar refractivity (Wildman–Crippen MR) is 109 cm³/mol. The van der Waals surface area contributed by atoms with E-state index in [4.69, 9.17) is 11.5 Å². The average molecular weight is 400 g/mol. The van der Waals surface area contributed by atoms with Gasteiger partial charge in [-0.05, 0) is 37.1 Å². The van der Waals surface area contributed by atoms with Crippen molar-refractivity contribution in [2.75, 3.05) is 10.6 Å². The van der Waals surface area contributed by atoms with Crippen LogP contribution in [0.25, 0.3) is 10.2 Å². The lowest BCUT2D eigenvalue weighted by Gasteiger charge is -2.30. The number of hydrogen-bond acceptors (Lipinski definition) is 7. The van der Waals surface area contributed by atoms with Crippen LogP contribution in [0.3, 0.4) is 0 Å². The molecule has 0 saturated heterocycles. The fourth-order valence-electron chi connectivity index (χ4n) is 3.46. The number of nitrogens with zero attached hydrogens (tertiary/aromatic N) is 2. The second kappa shape index (κ2) is 7.69. The zero-order valence-electron chi connectivity index (χ0n) is 15.1. The summed E-state index contributed by atoms with van der Waals surface area (Å²) in [6, 6.07) is 6.59. The second-order valence-corrected chi connectivity index (χ2v) is 7.82. The first-order valence-electron chi connectivity index (χ1n) is 9.14. The van der Waals surface area contributed by atoms with Crippen LogP contribution >= 0.6 is 11.3 Å². The van der Waals surface area contributed by atoms with Crippen LogP contribution in [0.2, 0.25) is 0 Å². The highest BCUT2D eigenvalue weighted by Gasteiger charge is 2.24. The van der Waals surface area contributed by atoms with Gasteiger partial charge in [-0.1, -0.05) is 12.8 Å². The van der Waals surface area contributed by atoms with Gasteiger partial charge in [0, 0.05) is 17.8 Å². The van der Waals surface area contributed by atoms with E-state index in [1.54, 1.807) is 5.51 Å². The van der Waals surface area contributed by atoms with Gasteiger partial charge in [-0.3, -0.25) is 4.79 Å². The Bertz CT molecular complexity index is 1020. The molecular weight excluding hydrogens is 379 g/mol. The second-order valence-electron chi connectivity index (χ2n) is 6.94. The molecule has 1 amide bonds. The highest BCUT2D eigenvalue weighted by molar-refractivity contribution is 7.16. The number of carbonyl (C=O) groups excluding carboxylic acids is 1. The standard InChI is InChI=1S/C19H21FN6OS/c20-12-8-11(17(22)27)18(24-10-5-6-16-15(7-10)23-9-28-16)26-19(12)25-14-4-2-1-3-13(14)21/h5-9,13-14H,1-4,21H2,(H2,22,27)(H2,24,25,26)/t13-,14+/m0/s1. The van der Waals surface area contributed by atoms with Crippen LogP contribution in [-0.4, -0.2) is 28.0 Å². The first-order valence-corrected chi connectivity index (χ1v) is 10.0. The quantitative estimate of drug-likeness (QED) is 0.521. The maximum atomic E-state index is 14.6. The van der Waals surface area contributed by atoms with Crippen molar-refractivity contribution in [3.63, 3.8) is 0 Å². The summed E-state index contributed by atoms with van der Waals surface area (Å²) >= 11 is 1.53. The number of halogens is 1. The van der Waals surface area contributed by atoms with Gasteiger partial charge in [0.05, 0.1) is 21.3 Å². The van der Waals surface area contributed by atoms with Crippen LogP contribution in [0.5, 0.6) is 0 Å². The average Bonchev–Trinajstić information content (AvgIpc) is 3.13. The van der Waals surface area contributed by atoms with E-state index in [-0.39, 0.29) is 29.3 Å². The number of amides is 1. The summed E-state index contributed by atoms with van der Waals surface area (Å²) in [5, 5.41) is 6.17. The minimum atomic E-state index is -0.760. The number of benzene rings is 1. The molecule has 0 aliphatic heterocycles. The van der Waals surface area contributed by atoms with Crippen molar-refractivity contribution in [3.05, 3.63) is 41.2 Å². The topological polar surface area (TPSA) is 119 Å². The lowest BCUT2D eigenvalue weighted by Crippen LogP contribution is -2.43. The number of pyridine rings is 1. The summed E-state index contributed by atoms with van der Waals surface area (Å²) in [5.41, 5.74) is 14.8. The summed E-state index contributed by atoms with van der Waals surface area (Å²) in [6.07, 6.45) is 3.84. The number of anilines is 3. The fraction of sp³-hybridized carbons (Fsp3) is 0.316. The first kappa shape index (κ1) is 18.6. The van der Waals surface area contributed by atoms with Crippen molar-refractivity contribution in [1.82, 2.24) is 9.97 Å². The van der Waals surface area contributed by atoms with Crippen molar-refractivity contribution < 1.29 is 9.18 Å². The van der Waals surface area contributed by atoms with E-state index >= 15 is 0 Å². The summed E-state index contributed by atoms with van der Waals surface area (Å²) in [4.78, 5) is 20.4. The van der Waals surface area contributed by atoms with E-state index < -0.39 is 11.7 Å². The van der Waals surface area contributed by atoms with Crippen LogP contribution in [0, 0.1) is 5.82 Å². The molecule has 9 heteroatoms. The SMILES string of the molecule is NC(=O)c1cc(F)c(N[C@@H]2CCCC[C@@H]2N)nc1Nc1ccc2scnc2c1. The number of nitrogens with two attached hydrogens (primary N) is 2. The maximum Gasteiger partial charge on any atom is 0.252 e. The maximum absolute atomic E-state index is 14.6. The molecule has 3 aromatic rings. The Morgan fingerprint density at radius 2 is 2.04 bits per heavy atom. The van der Waals surface area contributed by atoms with Gasteiger partial charge in [0.1, 0.15) is 5.82 Å². The van der Waals surface area contributed by atoms with E-state index in [1.807, 2.05) is 18.2 Å². The molecule has 2 heterocycles. The third-order valence-corrected chi connectivity index (χ3v) is 5.79. The summed E-state index contributed by atoms with van der Waals surface area (Å²) in [7, 11) is 0. The zero-order valence-corrected chi connectivity index (χ0v) is 15.9. The molecule has 7 nitrogen and oxygen atoms in total. The third-order valence-electron chi connectivity index (χ3n) is 4.98. The molecule has 28 heavy (non-hydrogen) atoms. The summed E-state index contributed by atoms with van der Waals surface area (Å²) in [6.45, 7) is 0. The monoisotopic (exact) mass is 400 g/mol. The Balaban J connectivity index is 1.66. The first-order chi connectivity index (χ1) is 13.5. The van der Waals surface area contributed by atoms with Crippen molar-refractivity contribution >= 4 is 44.8 Å². The Morgan fingerprint density at radius 1 is 1.21 bits per heavy atom. The van der Waals surface area contributed by atoms with Gasteiger partial charge in [0.25, 0.3) is 5.91 Å². The van der Waals surface area contributed by atoms with E-state index in [2.05, 4.69) is 20.6 Å². The van der Waals surface area contributed by atoms with E-state index in [1.165, 1.54) is 11.3 Å². The Morgan fingerprint density at radius 3 is 2.82 bits per heavy atom. The number of aromatic nitrogens is 2. The highest BCUT2D eigenvalue weighted by Crippen LogP contribution is 2.28. The molecule has 2 aromatic heterocycles. The highest BCUT2D eigenvalue weighted by atomic mass is 32.1. The molecule has 146 valence electrons. The number of rotatable bonds is 5. The van der Waals surface area contributed by atoms with Crippen LogP contribution < -0.4 is 22.1 Å². The number of carbonyl (C=O) groups is 1. The van der Waals surface area contributed by atoms with E-state index in [0.29, 0.717) is 5.69 Å². The van der Waals surface area contributed by atoms with E-state index in [0.717, 1.165) is 42.0 Å². The molecule has 0 radical (unpaired) electrons. The number of primary amides is 1. The van der Waals surface area contributed by atoms with Crippen molar-refractivity contribution in [2.24, 2.45) is 11.5 Å². The van der Waals surface area contributed by atoms with Gasteiger partial charge in [-0.15, -0.1) is 11.3 Å². The minimum absolute atomic E-state index is 0.0191.